The van der Waals surface area contributed by atoms with Gasteiger partial charge in [0.2, 0.25) is 0 Å². The Bertz CT molecular complexity index is 313. The van der Waals surface area contributed by atoms with Crippen molar-refractivity contribution in [2.75, 3.05) is 11.4 Å². The van der Waals surface area contributed by atoms with Gasteiger partial charge in [-0.1, -0.05) is 0 Å². The van der Waals surface area contributed by atoms with Crippen LogP contribution in [-0.4, -0.2) is 12.6 Å². The zero-order chi connectivity index (χ0) is 8.84. The Labute approximate surface area is 77.2 Å². The summed E-state index contributed by atoms with van der Waals surface area (Å²) in [4.78, 5) is 2.41. The third-order valence-electron chi connectivity index (χ3n) is 3.26. The number of benzene rings is 1. The maximum absolute atomic E-state index is 12.7. The molecule has 0 unspecified atom stereocenters. The monoisotopic (exact) mass is 177 g/mol. The predicted molar refractivity (Wildman–Crippen MR) is 50.3 cm³/mol. The van der Waals surface area contributed by atoms with Gasteiger partial charge in [0.05, 0.1) is 0 Å². The van der Waals surface area contributed by atoms with Crippen molar-refractivity contribution in [2.45, 2.75) is 18.9 Å². The van der Waals surface area contributed by atoms with E-state index in [9.17, 15) is 4.39 Å². The Hall–Kier alpha value is -1.05. The Morgan fingerprint density at radius 1 is 1.15 bits per heavy atom. The standard InChI is InChI=1S/C11H12FN/c12-9-1-3-10(4-2-9)13-7-8-5-11(13)6-8/h1-4,8,11H,5-7H2. The van der Waals surface area contributed by atoms with Crippen molar-refractivity contribution in [1.29, 1.82) is 0 Å². The van der Waals surface area contributed by atoms with E-state index in [0.29, 0.717) is 0 Å². The fourth-order valence-corrected chi connectivity index (χ4v) is 2.48. The molecule has 2 heteroatoms. The van der Waals surface area contributed by atoms with Crippen LogP contribution < -0.4 is 4.90 Å². The molecular weight excluding hydrogens is 165 g/mol. The first-order chi connectivity index (χ1) is 6.33. The van der Waals surface area contributed by atoms with Crippen LogP contribution in [0.1, 0.15) is 12.8 Å². The largest absolute Gasteiger partial charge is 0.368 e. The molecule has 2 saturated heterocycles. The second kappa shape index (κ2) is 2.47. The van der Waals surface area contributed by atoms with Gasteiger partial charge in [0, 0.05) is 18.3 Å². The molecule has 0 radical (unpaired) electrons. The first-order valence-corrected chi connectivity index (χ1v) is 4.85. The van der Waals surface area contributed by atoms with Crippen LogP contribution in [0.25, 0.3) is 0 Å². The second-order valence-corrected chi connectivity index (χ2v) is 4.12. The second-order valence-electron chi connectivity index (χ2n) is 4.12. The molecule has 2 bridgehead atoms. The third-order valence-corrected chi connectivity index (χ3v) is 3.26. The van der Waals surface area contributed by atoms with E-state index in [1.165, 1.54) is 25.1 Å². The fraction of sp³-hybridized carbons (Fsp3) is 0.455. The van der Waals surface area contributed by atoms with E-state index in [1.54, 1.807) is 12.1 Å². The first-order valence-electron chi connectivity index (χ1n) is 4.85. The van der Waals surface area contributed by atoms with E-state index in [2.05, 4.69) is 4.90 Å². The molecule has 1 aliphatic carbocycles. The summed E-state index contributed by atoms with van der Waals surface area (Å²) in [5.74, 6) is 0.769. The van der Waals surface area contributed by atoms with E-state index >= 15 is 0 Å². The van der Waals surface area contributed by atoms with Gasteiger partial charge in [-0.15, -0.1) is 0 Å². The highest BCUT2D eigenvalue weighted by Crippen LogP contribution is 2.42. The van der Waals surface area contributed by atoms with Gasteiger partial charge in [0.15, 0.2) is 0 Å². The van der Waals surface area contributed by atoms with Crippen LogP contribution in [0.15, 0.2) is 24.3 Å². The van der Waals surface area contributed by atoms with E-state index < -0.39 is 0 Å². The van der Waals surface area contributed by atoms with Gasteiger partial charge in [0.25, 0.3) is 0 Å². The number of nitrogens with zero attached hydrogens (tertiary/aromatic N) is 1. The molecule has 0 N–H and O–H groups in total. The summed E-state index contributed by atoms with van der Waals surface area (Å²) in [5.41, 5.74) is 1.19. The minimum atomic E-state index is -0.143. The van der Waals surface area contributed by atoms with Crippen LogP contribution >= 0.6 is 0 Å². The van der Waals surface area contributed by atoms with Gasteiger partial charge in [-0.2, -0.15) is 0 Å². The topological polar surface area (TPSA) is 3.24 Å². The van der Waals surface area contributed by atoms with Crippen molar-refractivity contribution in [3.05, 3.63) is 30.1 Å². The molecule has 0 aromatic heterocycles. The molecule has 0 spiro atoms. The van der Waals surface area contributed by atoms with E-state index in [4.69, 9.17) is 0 Å². The highest BCUT2D eigenvalue weighted by Gasteiger charge is 2.42. The third kappa shape index (κ3) is 1.05. The summed E-state index contributed by atoms with van der Waals surface area (Å²) in [6.07, 6.45) is 2.69. The first kappa shape index (κ1) is 7.36. The highest BCUT2D eigenvalue weighted by molar-refractivity contribution is 5.50. The van der Waals surface area contributed by atoms with Crippen LogP contribution in [0.2, 0.25) is 0 Å². The maximum atomic E-state index is 12.7. The Morgan fingerprint density at radius 3 is 2.38 bits per heavy atom. The van der Waals surface area contributed by atoms with E-state index in [0.717, 1.165) is 12.0 Å². The zero-order valence-corrected chi connectivity index (χ0v) is 7.41. The number of halogens is 1. The molecule has 2 heterocycles. The lowest BCUT2D eigenvalue weighted by molar-refractivity contribution is 0.381. The van der Waals surface area contributed by atoms with Crippen molar-refractivity contribution < 1.29 is 4.39 Å². The van der Waals surface area contributed by atoms with Gasteiger partial charge in [-0.25, -0.2) is 4.39 Å². The maximum Gasteiger partial charge on any atom is 0.123 e. The molecule has 4 rings (SSSR count). The molecule has 0 amide bonds. The normalized spacial score (nSPS) is 30.4. The summed E-state index contributed by atoms with van der Waals surface area (Å²) in [5, 5.41) is 0. The molecule has 1 nitrogen and oxygen atoms in total. The Balaban J connectivity index is 1.88. The molecule has 1 aromatic carbocycles. The summed E-state index contributed by atoms with van der Waals surface area (Å²) in [6.45, 7) is 1.18. The van der Waals surface area contributed by atoms with Crippen LogP contribution in [0.5, 0.6) is 0 Å². The molecule has 13 heavy (non-hydrogen) atoms. The lowest BCUT2D eigenvalue weighted by Crippen LogP contribution is -2.28. The van der Waals surface area contributed by atoms with Crippen LogP contribution in [0.3, 0.4) is 0 Å². The average Bonchev–Trinajstić information content (AvgIpc) is 2.62. The summed E-state index contributed by atoms with van der Waals surface area (Å²) in [6, 6.07) is 7.61. The van der Waals surface area contributed by atoms with E-state index in [-0.39, 0.29) is 5.82 Å². The summed E-state index contributed by atoms with van der Waals surface area (Å²) >= 11 is 0. The molecular formula is C11H12FN. The zero-order valence-electron chi connectivity index (χ0n) is 7.41. The smallest absolute Gasteiger partial charge is 0.123 e. The van der Waals surface area contributed by atoms with Crippen LogP contribution in [-0.2, 0) is 0 Å². The lowest BCUT2D eigenvalue weighted by Gasteiger charge is -2.27. The molecule has 3 fully saturated rings. The number of hydrogen-bond acceptors (Lipinski definition) is 1. The number of rotatable bonds is 1. The van der Waals surface area contributed by atoms with Crippen molar-refractivity contribution in [3.63, 3.8) is 0 Å². The van der Waals surface area contributed by atoms with Gasteiger partial charge >= 0.3 is 0 Å². The summed E-state index contributed by atoms with van der Waals surface area (Å²) in [7, 11) is 0. The minimum absolute atomic E-state index is 0.143. The fourth-order valence-electron chi connectivity index (χ4n) is 2.48. The molecule has 1 saturated carbocycles. The van der Waals surface area contributed by atoms with Gasteiger partial charge < -0.3 is 4.90 Å². The van der Waals surface area contributed by atoms with Crippen molar-refractivity contribution >= 4 is 5.69 Å². The van der Waals surface area contributed by atoms with Crippen LogP contribution in [0, 0.1) is 11.7 Å². The minimum Gasteiger partial charge on any atom is -0.368 e. The Morgan fingerprint density at radius 2 is 1.85 bits per heavy atom. The molecule has 0 atom stereocenters. The van der Waals surface area contributed by atoms with Gasteiger partial charge in [0.1, 0.15) is 5.82 Å². The average molecular weight is 177 g/mol. The van der Waals surface area contributed by atoms with Crippen molar-refractivity contribution in [1.82, 2.24) is 0 Å². The molecule has 2 aliphatic heterocycles. The molecule has 3 aliphatic rings. The van der Waals surface area contributed by atoms with Gasteiger partial charge in [-0.3, -0.25) is 0 Å². The van der Waals surface area contributed by atoms with Crippen LogP contribution in [0.4, 0.5) is 10.1 Å². The Kier molecular flexibility index (Phi) is 1.40. The summed E-state index contributed by atoms with van der Waals surface area (Å²) < 4.78 is 12.7. The number of anilines is 1. The molecule has 68 valence electrons. The van der Waals surface area contributed by atoms with Crippen molar-refractivity contribution in [3.8, 4) is 0 Å². The van der Waals surface area contributed by atoms with E-state index in [1.807, 2.05) is 12.1 Å². The van der Waals surface area contributed by atoms with Crippen molar-refractivity contribution in [2.24, 2.45) is 5.92 Å². The van der Waals surface area contributed by atoms with Gasteiger partial charge in [-0.05, 0) is 43.0 Å². The molecule has 1 aromatic rings. The predicted octanol–water partition coefficient (Wildman–Crippen LogP) is 2.42. The number of fused-ring (bicyclic) bond motifs is 1. The SMILES string of the molecule is Fc1ccc(N2CC3CC2C3)cc1. The number of hydrogen-bond donors (Lipinski definition) is 0. The lowest BCUT2D eigenvalue weighted by atomic mass is 9.86. The quantitative estimate of drug-likeness (QED) is 0.636. The highest BCUT2D eigenvalue weighted by atomic mass is 19.1.